The monoisotopic (exact) mass is 508 g/mol. The van der Waals surface area contributed by atoms with E-state index in [2.05, 4.69) is 55.9 Å². The Balaban J connectivity index is 0. The molecule has 0 aromatic carbocycles. The second kappa shape index (κ2) is 24.3. The number of unbranched alkanes of at least 4 members (excludes halogenated alkanes) is 15. The molecule has 0 saturated heterocycles. The molecule has 6 heteroatoms. The molecule has 0 amide bonds. The van der Waals surface area contributed by atoms with Crippen LogP contribution in [0, 0.1) is 0 Å². The normalized spacial score (nSPS) is 12.2. The summed E-state index contributed by atoms with van der Waals surface area (Å²) >= 11 is 0. The Bertz CT molecular complexity index is 345. The molecule has 0 fully saturated rings. The average Bonchev–Trinajstić information content (AvgIpc) is 2.79. The van der Waals surface area contributed by atoms with Crippen LogP contribution in [0.3, 0.4) is 0 Å². The van der Waals surface area contributed by atoms with Crippen molar-refractivity contribution in [2.45, 2.75) is 136 Å². The zero-order valence-electron chi connectivity index (χ0n) is 23.6. The number of hydrogen-bond acceptors (Lipinski definition) is 4. The van der Waals surface area contributed by atoms with Crippen LogP contribution < -0.4 is 17.9 Å². The highest BCUT2D eigenvalue weighted by Gasteiger charge is 2.48. The minimum absolute atomic E-state index is 0. The molecule has 0 aromatic rings. The van der Waals surface area contributed by atoms with Crippen LogP contribution in [0.2, 0.25) is 0 Å². The van der Waals surface area contributed by atoms with Gasteiger partial charge in [0.15, 0.2) is 0 Å². The molecule has 33 heavy (non-hydrogen) atoms. The third-order valence-electron chi connectivity index (χ3n) is 7.01. The van der Waals surface area contributed by atoms with Crippen LogP contribution in [0.5, 0.6) is 0 Å². The van der Waals surface area contributed by atoms with E-state index in [0.717, 1.165) is 19.6 Å². The molecule has 0 bridgehead atoms. The topological polar surface area (TPSA) is 35.7 Å². The summed E-state index contributed by atoms with van der Waals surface area (Å²) < 4.78 is 7.59. The van der Waals surface area contributed by atoms with E-state index in [1.54, 1.807) is 0 Å². The summed E-state index contributed by atoms with van der Waals surface area (Å²) in [5.41, 5.74) is 7.30. The molecule has 4 nitrogen and oxygen atoms in total. The van der Waals surface area contributed by atoms with E-state index >= 15 is 0 Å². The summed E-state index contributed by atoms with van der Waals surface area (Å²) in [5, 5.41) is 0. The first-order valence-corrected chi connectivity index (χ1v) is 16.0. The number of nitrogens with two attached hydrogens (primary N) is 1. The Morgan fingerprint density at radius 2 is 0.636 bits per heavy atom. The van der Waals surface area contributed by atoms with Crippen molar-refractivity contribution in [1.82, 2.24) is 14.0 Å². The van der Waals surface area contributed by atoms with Crippen LogP contribution in [0.15, 0.2) is 0 Å². The van der Waals surface area contributed by atoms with E-state index in [1.165, 1.54) is 116 Å². The lowest BCUT2D eigenvalue weighted by molar-refractivity contribution is -0.00000757. The van der Waals surface area contributed by atoms with Gasteiger partial charge < -0.3 is 12.4 Å². The van der Waals surface area contributed by atoms with E-state index in [0.29, 0.717) is 0 Å². The standard InChI is InChI=1S/C27H62N4P.ClH/c1-7-10-13-16-19-22-25-29(4)32(28,30(5)26-23-20-17-14-11-8-2)31(6)27-24-21-18-15-12-9-3;/h7-28H2,1-6H3;1H/q+1;/p-1. The summed E-state index contributed by atoms with van der Waals surface area (Å²) in [5.74, 6) is 0. The minimum atomic E-state index is -1.93. The van der Waals surface area contributed by atoms with Crippen molar-refractivity contribution in [2.75, 3.05) is 40.8 Å². The van der Waals surface area contributed by atoms with Gasteiger partial charge in [-0.1, -0.05) is 117 Å². The molecule has 0 aliphatic heterocycles. The van der Waals surface area contributed by atoms with Gasteiger partial charge in [0.05, 0.1) is 0 Å². The van der Waals surface area contributed by atoms with E-state index in [4.69, 9.17) is 5.50 Å². The summed E-state index contributed by atoms with van der Waals surface area (Å²) in [6.45, 7) is 10.2. The van der Waals surface area contributed by atoms with Crippen molar-refractivity contribution in [3.63, 3.8) is 0 Å². The molecule has 0 aromatic heterocycles. The first-order valence-electron chi connectivity index (χ1n) is 14.3. The minimum Gasteiger partial charge on any atom is -1.00 e. The summed E-state index contributed by atoms with van der Waals surface area (Å²) in [4.78, 5) is 0. The number of nitrogens with zero attached hydrogens (tertiary/aromatic N) is 3. The molecule has 0 radical (unpaired) electrons. The Labute approximate surface area is 216 Å². The Morgan fingerprint density at radius 3 is 0.879 bits per heavy atom. The maximum absolute atomic E-state index is 7.30. The molecular weight excluding hydrogens is 447 g/mol. The first-order chi connectivity index (χ1) is 15.4. The van der Waals surface area contributed by atoms with Crippen LogP contribution in [0.4, 0.5) is 0 Å². The lowest BCUT2D eigenvalue weighted by Crippen LogP contribution is -3.00. The van der Waals surface area contributed by atoms with Gasteiger partial charge in [0, 0.05) is 40.8 Å². The molecule has 2 N–H and O–H groups in total. The van der Waals surface area contributed by atoms with Crippen molar-refractivity contribution in [1.29, 1.82) is 0 Å². The highest BCUT2D eigenvalue weighted by molar-refractivity contribution is 7.66. The number of rotatable bonds is 24. The molecule has 0 heterocycles. The van der Waals surface area contributed by atoms with Gasteiger partial charge >= 0.3 is 7.87 Å². The average molecular weight is 509 g/mol. The number of halogens is 1. The van der Waals surface area contributed by atoms with Gasteiger partial charge in [-0.25, -0.2) is 0 Å². The Kier molecular flexibility index (Phi) is 26.3. The van der Waals surface area contributed by atoms with Gasteiger partial charge in [0.25, 0.3) is 0 Å². The van der Waals surface area contributed by atoms with Gasteiger partial charge in [0.1, 0.15) is 0 Å². The van der Waals surface area contributed by atoms with Gasteiger partial charge in [-0.15, -0.1) is 14.0 Å². The fraction of sp³-hybridized carbons (Fsp3) is 1.00. The predicted molar refractivity (Wildman–Crippen MR) is 149 cm³/mol. The molecule has 0 spiro atoms. The van der Waals surface area contributed by atoms with Gasteiger partial charge in [-0.2, -0.15) is 5.50 Å². The second-order valence-electron chi connectivity index (χ2n) is 10.1. The fourth-order valence-electron chi connectivity index (χ4n) is 4.59. The zero-order valence-corrected chi connectivity index (χ0v) is 25.2. The molecule has 0 unspecified atom stereocenters. The Morgan fingerprint density at radius 1 is 0.424 bits per heavy atom. The maximum atomic E-state index is 7.30. The molecule has 202 valence electrons. The molecule has 0 atom stereocenters. The third-order valence-corrected chi connectivity index (χ3v) is 10.6. The van der Waals surface area contributed by atoms with Crippen molar-refractivity contribution < 1.29 is 12.4 Å². The highest BCUT2D eigenvalue weighted by Crippen LogP contribution is 2.58. The van der Waals surface area contributed by atoms with Gasteiger partial charge in [-0.3, -0.25) is 0 Å². The predicted octanol–water partition coefficient (Wildman–Crippen LogP) is 5.50. The van der Waals surface area contributed by atoms with E-state index < -0.39 is 7.87 Å². The molecular formula is C27H62ClN4P. The van der Waals surface area contributed by atoms with Gasteiger partial charge in [0.2, 0.25) is 0 Å². The Hall–Kier alpha value is 0.560. The molecule has 0 rings (SSSR count). The van der Waals surface area contributed by atoms with Crippen molar-refractivity contribution in [2.24, 2.45) is 5.50 Å². The van der Waals surface area contributed by atoms with Crippen LogP contribution in [0.1, 0.15) is 136 Å². The molecule has 0 aliphatic carbocycles. The van der Waals surface area contributed by atoms with Gasteiger partial charge in [-0.05, 0) is 19.3 Å². The highest BCUT2D eigenvalue weighted by atomic mass is 35.5. The second-order valence-corrected chi connectivity index (χ2v) is 13.3. The summed E-state index contributed by atoms with van der Waals surface area (Å²) in [7, 11) is 4.93. The van der Waals surface area contributed by atoms with Crippen LogP contribution in [-0.4, -0.2) is 54.8 Å². The van der Waals surface area contributed by atoms with Crippen LogP contribution >= 0.6 is 7.87 Å². The van der Waals surface area contributed by atoms with Crippen molar-refractivity contribution in [3.05, 3.63) is 0 Å². The number of hydrogen-bond donors (Lipinski definition) is 1. The van der Waals surface area contributed by atoms with E-state index in [1.807, 2.05) is 0 Å². The smallest absolute Gasteiger partial charge is 0.302 e. The van der Waals surface area contributed by atoms with Crippen molar-refractivity contribution >= 4 is 7.87 Å². The first kappa shape index (κ1) is 35.7. The maximum Gasteiger partial charge on any atom is 0.302 e. The zero-order chi connectivity index (χ0) is 24.1. The van der Waals surface area contributed by atoms with E-state index in [9.17, 15) is 0 Å². The molecule has 0 aliphatic rings. The summed E-state index contributed by atoms with van der Waals surface area (Å²) in [6.07, 6.45) is 24.2. The van der Waals surface area contributed by atoms with Crippen molar-refractivity contribution in [3.8, 4) is 0 Å². The largest absolute Gasteiger partial charge is 1.00 e. The quantitative estimate of drug-likeness (QED) is 0.138. The third kappa shape index (κ3) is 16.8. The van der Waals surface area contributed by atoms with Crippen LogP contribution in [0.25, 0.3) is 0 Å². The fourth-order valence-corrected chi connectivity index (χ4v) is 7.46. The van der Waals surface area contributed by atoms with E-state index in [-0.39, 0.29) is 12.4 Å². The lowest BCUT2D eigenvalue weighted by Gasteiger charge is -2.40. The SMILES string of the molecule is CCCCCCCCN(C)[P+](N)(N(C)CCCCCCCC)N(C)CCCCCCCC.[Cl-]. The summed E-state index contributed by atoms with van der Waals surface area (Å²) in [6, 6.07) is 0. The lowest BCUT2D eigenvalue weighted by atomic mass is 10.1. The molecule has 0 saturated carbocycles. The van der Waals surface area contributed by atoms with Crippen LogP contribution in [-0.2, 0) is 0 Å².